The van der Waals surface area contributed by atoms with Gasteiger partial charge in [0.25, 0.3) is 0 Å². The van der Waals surface area contributed by atoms with Crippen LogP contribution in [-0.4, -0.2) is 36.8 Å². The van der Waals surface area contributed by atoms with E-state index in [4.69, 9.17) is 5.90 Å². The van der Waals surface area contributed by atoms with Crippen molar-refractivity contribution < 1.29 is 14.4 Å². The number of methoxy groups -OCH3 is 1. The number of hydrogen-bond acceptors (Lipinski definition) is 4. The third-order valence-electron chi connectivity index (χ3n) is 1.64. The summed E-state index contributed by atoms with van der Waals surface area (Å²) in [5, 5.41) is 0. The van der Waals surface area contributed by atoms with E-state index < -0.39 is 0 Å². The summed E-state index contributed by atoms with van der Waals surface area (Å²) in [5.41, 5.74) is -0.286. The highest BCUT2D eigenvalue weighted by Gasteiger charge is 2.26. The Balaban J connectivity index is 4.28. The van der Waals surface area contributed by atoms with E-state index in [2.05, 4.69) is 9.57 Å². The summed E-state index contributed by atoms with van der Waals surface area (Å²) in [7, 11) is 1.35. The lowest BCUT2D eigenvalue weighted by Crippen LogP contribution is -2.47. The number of nitrogens with zero attached hydrogens (tertiary/aromatic N) is 1. The highest BCUT2D eigenvalue weighted by Crippen LogP contribution is 2.13. The van der Waals surface area contributed by atoms with E-state index in [1.807, 2.05) is 20.8 Å². The molecule has 0 heterocycles. The second-order valence-corrected chi connectivity index (χ2v) is 3.66. The van der Waals surface area contributed by atoms with E-state index in [1.165, 1.54) is 7.11 Å². The van der Waals surface area contributed by atoms with E-state index in [9.17, 15) is 4.79 Å². The van der Waals surface area contributed by atoms with Crippen LogP contribution in [0.2, 0.25) is 0 Å². The summed E-state index contributed by atoms with van der Waals surface area (Å²) < 4.78 is 4.63. The predicted molar refractivity (Wildman–Crippen MR) is 49.0 cm³/mol. The number of nitrogens with two attached hydrogens (primary N) is 1. The molecule has 0 radical (unpaired) electrons. The van der Waals surface area contributed by atoms with Gasteiger partial charge in [-0.1, -0.05) is 0 Å². The van der Waals surface area contributed by atoms with E-state index in [-0.39, 0.29) is 11.6 Å². The SMILES string of the molecule is COC(=O)N(CCON)C(C)(C)C. The Morgan fingerprint density at radius 1 is 1.46 bits per heavy atom. The van der Waals surface area contributed by atoms with E-state index >= 15 is 0 Å². The highest BCUT2D eigenvalue weighted by atomic mass is 16.6. The first-order valence-corrected chi connectivity index (χ1v) is 4.10. The summed E-state index contributed by atoms with van der Waals surface area (Å²) in [6.45, 7) is 6.47. The van der Waals surface area contributed by atoms with Gasteiger partial charge in [-0.2, -0.15) is 0 Å². The quantitative estimate of drug-likeness (QED) is 0.667. The summed E-state index contributed by atoms with van der Waals surface area (Å²) >= 11 is 0. The fraction of sp³-hybridized carbons (Fsp3) is 0.875. The maximum Gasteiger partial charge on any atom is 0.409 e. The van der Waals surface area contributed by atoms with Crippen molar-refractivity contribution in [2.75, 3.05) is 20.3 Å². The Kier molecular flexibility index (Phi) is 4.72. The molecule has 0 saturated carbocycles. The van der Waals surface area contributed by atoms with Gasteiger partial charge >= 0.3 is 6.09 Å². The second kappa shape index (κ2) is 5.04. The first-order chi connectivity index (χ1) is 5.93. The Morgan fingerprint density at radius 2 is 2.00 bits per heavy atom. The van der Waals surface area contributed by atoms with Crippen molar-refractivity contribution in [2.24, 2.45) is 5.90 Å². The maximum absolute atomic E-state index is 11.3. The molecule has 0 aromatic rings. The lowest BCUT2D eigenvalue weighted by atomic mass is 10.1. The molecule has 2 N–H and O–H groups in total. The van der Waals surface area contributed by atoms with Crippen LogP contribution in [0.15, 0.2) is 0 Å². The molecular formula is C8H18N2O3. The fourth-order valence-corrected chi connectivity index (χ4v) is 0.955. The molecule has 5 heteroatoms. The minimum absolute atomic E-state index is 0.286. The van der Waals surface area contributed by atoms with Crippen molar-refractivity contribution in [3.8, 4) is 0 Å². The second-order valence-electron chi connectivity index (χ2n) is 3.66. The van der Waals surface area contributed by atoms with Crippen LogP contribution >= 0.6 is 0 Å². The molecule has 0 aliphatic heterocycles. The summed E-state index contributed by atoms with van der Waals surface area (Å²) in [6.07, 6.45) is -0.371. The molecule has 0 atom stereocenters. The van der Waals surface area contributed by atoms with Crippen molar-refractivity contribution >= 4 is 6.09 Å². The average molecular weight is 190 g/mol. The van der Waals surface area contributed by atoms with Crippen LogP contribution in [0.1, 0.15) is 20.8 Å². The molecule has 0 aromatic carbocycles. The summed E-state index contributed by atoms with van der Waals surface area (Å²) in [5.74, 6) is 4.88. The zero-order valence-electron chi connectivity index (χ0n) is 8.66. The van der Waals surface area contributed by atoms with Crippen LogP contribution in [0.25, 0.3) is 0 Å². The van der Waals surface area contributed by atoms with Gasteiger partial charge < -0.3 is 14.5 Å². The van der Waals surface area contributed by atoms with Crippen LogP contribution in [0, 0.1) is 0 Å². The fourth-order valence-electron chi connectivity index (χ4n) is 0.955. The van der Waals surface area contributed by atoms with Gasteiger partial charge in [-0.05, 0) is 20.8 Å². The first-order valence-electron chi connectivity index (χ1n) is 4.10. The molecule has 0 rings (SSSR count). The molecule has 0 aliphatic carbocycles. The number of carbonyl (C=O) groups excluding carboxylic acids is 1. The van der Waals surface area contributed by atoms with Crippen molar-refractivity contribution in [1.29, 1.82) is 0 Å². The molecule has 0 fully saturated rings. The van der Waals surface area contributed by atoms with Gasteiger partial charge in [0.05, 0.1) is 13.7 Å². The summed E-state index contributed by atoms with van der Waals surface area (Å²) in [4.78, 5) is 17.2. The van der Waals surface area contributed by atoms with Gasteiger partial charge in [0.2, 0.25) is 0 Å². The van der Waals surface area contributed by atoms with E-state index in [0.717, 1.165) is 0 Å². The van der Waals surface area contributed by atoms with Gasteiger partial charge in [0.1, 0.15) is 0 Å². The van der Waals surface area contributed by atoms with Crippen molar-refractivity contribution in [1.82, 2.24) is 4.90 Å². The van der Waals surface area contributed by atoms with Crippen molar-refractivity contribution in [3.05, 3.63) is 0 Å². The van der Waals surface area contributed by atoms with Crippen LogP contribution in [-0.2, 0) is 9.57 Å². The maximum atomic E-state index is 11.3. The minimum Gasteiger partial charge on any atom is -0.453 e. The van der Waals surface area contributed by atoms with Crippen LogP contribution in [0.5, 0.6) is 0 Å². The number of rotatable bonds is 3. The molecule has 0 saturated heterocycles. The Labute approximate surface area is 78.7 Å². The van der Waals surface area contributed by atoms with Gasteiger partial charge in [-0.25, -0.2) is 10.7 Å². The van der Waals surface area contributed by atoms with Crippen LogP contribution in [0.4, 0.5) is 4.79 Å². The third-order valence-corrected chi connectivity index (χ3v) is 1.64. The predicted octanol–water partition coefficient (Wildman–Crippen LogP) is 0.744. The number of ether oxygens (including phenoxy) is 1. The standard InChI is InChI=1S/C8H18N2O3/c1-8(2,3)10(5-6-13-9)7(11)12-4/h5-6,9H2,1-4H3. The topological polar surface area (TPSA) is 64.8 Å². The molecule has 78 valence electrons. The van der Waals surface area contributed by atoms with Gasteiger partial charge in [-0.3, -0.25) is 0 Å². The van der Waals surface area contributed by atoms with Crippen molar-refractivity contribution in [2.45, 2.75) is 26.3 Å². The molecule has 13 heavy (non-hydrogen) atoms. The first kappa shape index (κ1) is 12.2. The molecule has 0 bridgehead atoms. The van der Waals surface area contributed by atoms with Crippen molar-refractivity contribution in [3.63, 3.8) is 0 Å². The Morgan fingerprint density at radius 3 is 2.31 bits per heavy atom. The zero-order chi connectivity index (χ0) is 10.5. The lowest BCUT2D eigenvalue weighted by molar-refractivity contribution is 0.0522. The zero-order valence-corrected chi connectivity index (χ0v) is 8.66. The largest absolute Gasteiger partial charge is 0.453 e. The molecule has 0 aromatic heterocycles. The number of carbonyl (C=O) groups is 1. The lowest BCUT2D eigenvalue weighted by Gasteiger charge is -2.33. The van der Waals surface area contributed by atoms with Gasteiger partial charge in [0, 0.05) is 12.1 Å². The normalized spacial score (nSPS) is 11.2. The van der Waals surface area contributed by atoms with Gasteiger partial charge in [-0.15, -0.1) is 0 Å². The number of hydrogen-bond donors (Lipinski definition) is 1. The van der Waals surface area contributed by atoms with E-state index in [0.29, 0.717) is 13.2 Å². The molecule has 0 aliphatic rings. The Bertz CT molecular complexity index is 165. The molecule has 1 amide bonds. The Hall–Kier alpha value is -0.810. The monoisotopic (exact) mass is 190 g/mol. The van der Waals surface area contributed by atoms with Crippen LogP contribution in [0.3, 0.4) is 0 Å². The molecule has 0 unspecified atom stereocenters. The van der Waals surface area contributed by atoms with Gasteiger partial charge in [0.15, 0.2) is 0 Å². The molecule has 5 nitrogen and oxygen atoms in total. The minimum atomic E-state index is -0.371. The highest BCUT2D eigenvalue weighted by molar-refractivity contribution is 5.68. The van der Waals surface area contributed by atoms with E-state index in [1.54, 1.807) is 4.90 Å². The smallest absolute Gasteiger partial charge is 0.409 e. The van der Waals surface area contributed by atoms with Crippen LogP contribution < -0.4 is 5.90 Å². The number of amides is 1. The summed E-state index contributed by atoms with van der Waals surface area (Å²) in [6, 6.07) is 0. The molecule has 0 spiro atoms. The average Bonchev–Trinajstić information content (AvgIpc) is 2.02. The third kappa shape index (κ3) is 4.10. The molecular weight excluding hydrogens is 172 g/mol.